The first-order valence-electron chi connectivity index (χ1n) is 6.51. The van der Waals surface area contributed by atoms with Gasteiger partial charge in [-0.25, -0.2) is 8.42 Å². The molecule has 0 saturated heterocycles. The van der Waals surface area contributed by atoms with Crippen LogP contribution >= 0.6 is 15.9 Å². The highest BCUT2D eigenvalue weighted by molar-refractivity contribution is 9.10. The van der Waals surface area contributed by atoms with E-state index in [2.05, 4.69) is 21.2 Å². The van der Waals surface area contributed by atoms with Crippen LogP contribution in [0.5, 0.6) is 0 Å². The van der Waals surface area contributed by atoms with Gasteiger partial charge in [0, 0.05) is 18.7 Å². The molecule has 1 saturated carbocycles. The SMILES string of the molecule is CCNCc1cc(S(=O)(=O)N(CC)C2CC2)c(Br)o1. The molecule has 0 aliphatic heterocycles. The third-order valence-electron chi connectivity index (χ3n) is 3.11. The van der Waals surface area contributed by atoms with Crippen molar-refractivity contribution in [2.75, 3.05) is 13.1 Å². The maximum Gasteiger partial charge on any atom is 0.247 e. The molecule has 5 nitrogen and oxygen atoms in total. The maximum absolute atomic E-state index is 12.6. The molecule has 0 aromatic carbocycles. The van der Waals surface area contributed by atoms with Crippen LogP contribution in [0.25, 0.3) is 0 Å². The van der Waals surface area contributed by atoms with E-state index in [0.717, 1.165) is 19.4 Å². The van der Waals surface area contributed by atoms with Gasteiger partial charge in [0.2, 0.25) is 10.0 Å². The van der Waals surface area contributed by atoms with Crippen LogP contribution in [0.4, 0.5) is 0 Å². The number of sulfonamides is 1. The van der Waals surface area contributed by atoms with Crippen molar-refractivity contribution >= 4 is 26.0 Å². The Hall–Kier alpha value is -0.370. The van der Waals surface area contributed by atoms with Crippen LogP contribution in [0.1, 0.15) is 32.4 Å². The highest BCUT2D eigenvalue weighted by Crippen LogP contribution is 2.35. The van der Waals surface area contributed by atoms with Gasteiger partial charge >= 0.3 is 0 Å². The molecule has 19 heavy (non-hydrogen) atoms. The predicted molar refractivity (Wildman–Crippen MR) is 76.4 cm³/mol. The lowest BCUT2D eigenvalue weighted by Crippen LogP contribution is -2.32. The first kappa shape index (κ1) is 15.0. The van der Waals surface area contributed by atoms with Gasteiger partial charge in [-0.05, 0) is 35.3 Å². The van der Waals surface area contributed by atoms with Crippen molar-refractivity contribution in [2.24, 2.45) is 0 Å². The second-order valence-corrected chi connectivity index (χ2v) is 7.15. The number of furan rings is 1. The van der Waals surface area contributed by atoms with Gasteiger partial charge in [0.05, 0.1) is 6.54 Å². The van der Waals surface area contributed by atoms with Gasteiger partial charge in [-0.2, -0.15) is 4.31 Å². The second-order valence-electron chi connectivity index (χ2n) is 4.57. The number of rotatable bonds is 7. The molecule has 1 heterocycles. The lowest BCUT2D eigenvalue weighted by atomic mass is 10.4. The second kappa shape index (κ2) is 5.95. The molecule has 1 aromatic heterocycles. The van der Waals surface area contributed by atoms with Crippen molar-refractivity contribution in [2.45, 2.75) is 44.2 Å². The van der Waals surface area contributed by atoms with E-state index >= 15 is 0 Å². The zero-order valence-corrected chi connectivity index (χ0v) is 13.6. The summed E-state index contributed by atoms with van der Waals surface area (Å²) >= 11 is 3.21. The first-order chi connectivity index (χ1) is 9.00. The highest BCUT2D eigenvalue weighted by Gasteiger charge is 2.38. The molecule has 7 heteroatoms. The van der Waals surface area contributed by atoms with Crippen LogP contribution in [0.15, 0.2) is 20.0 Å². The standard InChI is InChI=1S/C12H19BrN2O3S/c1-3-14-8-10-7-11(12(13)18-10)19(16,17)15(4-2)9-5-6-9/h7,9,14H,3-6,8H2,1-2H3. The Morgan fingerprint density at radius 2 is 2.16 bits per heavy atom. The van der Waals surface area contributed by atoms with Gasteiger partial charge in [0.15, 0.2) is 4.67 Å². The molecule has 1 aliphatic rings. The van der Waals surface area contributed by atoms with E-state index in [1.54, 1.807) is 10.4 Å². The van der Waals surface area contributed by atoms with E-state index in [1.807, 2.05) is 13.8 Å². The van der Waals surface area contributed by atoms with Crippen LogP contribution in [0.2, 0.25) is 0 Å². The van der Waals surface area contributed by atoms with Crippen LogP contribution in [0, 0.1) is 0 Å². The summed E-state index contributed by atoms with van der Waals surface area (Å²) in [5.74, 6) is 0.624. The van der Waals surface area contributed by atoms with Crippen molar-refractivity contribution in [1.82, 2.24) is 9.62 Å². The van der Waals surface area contributed by atoms with Crippen molar-refractivity contribution in [3.05, 3.63) is 16.5 Å². The van der Waals surface area contributed by atoms with E-state index < -0.39 is 10.0 Å². The minimum Gasteiger partial charge on any atom is -0.452 e. The Morgan fingerprint density at radius 1 is 1.47 bits per heavy atom. The number of nitrogens with one attached hydrogen (secondary N) is 1. The molecule has 1 aliphatic carbocycles. The van der Waals surface area contributed by atoms with Crippen molar-refractivity contribution in [3.8, 4) is 0 Å². The quantitative estimate of drug-likeness (QED) is 0.819. The Morgan fingerprint density at radius 3 is 2.68 bits per heavy atom. The van der Waals surface area contributed by atoms with Gasteiger partial charge in [-0.15, -0.1) is 0 Å². The molecule has 2 rings (SSSR count). The Labute approximate surface area is 122 Å². The van der Waals surface area contributed by atoms with E-state index in [1.165, 1.54) is 0 Å². The molecular weight excluding hydrogens is 332 g/mol. The summed E-state index contributed by atoms with van der Waals surface area (Å²) in [6, 6.07) is 1.77. The summed E-state index contributed by atoms with van der Waals surface area (Å²) in [4.78, 5) is 0.231. The number of nitrogens with zero attached hydrogens (tertiary/aromatic N) is 1. The van der Waals surface area contributed by atoms with Crippen molar-refractivity contribution < 1.29 is 12.8 Å². The van der Waals surface area contributed by atoms with Crippen molar-refractivity contribution in [1.29, 1.82) is 0 Å². The Balaban J connectivity index is 2.26. The predicted octanol–water partition coefficient (Wildman–Crippen LogP) is 2.32. The number of hydrogen-bond acceptors (Lipinski definition) is 4. The summed E-state index contributed by atoms with van der Waals surface area (Å²) in [6.07, 6.45) is 1.90. The fourth-order valence-electron chi connectivity index (χ4n) is 2.02. The average molecular weight is 351 g/mol. The zero-order chi connectivity index (χ0) is 14.0. The number of halogens is 1. The first-order valence-corrected chi connectivity index (χ1v) is 8.74. The average Bonchev–Trinajstić information content (AvgIpc) is 3.10. The summed E-state index contributed by atoms with van der Waals surface area (Å²) in [5.41, 5.74) is 0. The topological polar surface area (TPSA) is 62.6 Å². The van der Waals surface area contributed by atoms with E-state index in [0.29, 0.717) is 23.5 Å². The van der Waals surface area contributed by atoms with Gasteiger partial charge in [0.25, 0.3) is 0 Å². The van der Waals surface area contributed by atoms with E-state index in [4.69, 9.17) is 4.42 Å². The smallest absolute Gasteiger partial charge is 0.247 e. The lowest BCUT2D eigenvalue weighted by molar-refractivity contribution is 0.417. The molecule has 0 unspecified atom stereocenters. The van der Waals surface area contributed by atoms with Crippen LogP contribution in [-0.4, -0.2) is 31.9 Å². The normalized spacial score (nSPS) is 16.2. The lowest BCUT2D eigenvalue weighted by Gasteiger charge is -2.18. The third kappa shape index (κ3) is 3.21. The summed E-state index contributed by atoms with van der Waals surface area (Å²) in [5, 5.41) is 3.11. The van der Waals surface area contributed by atoms with Crippen molar-refractivity contribution in [3.63, 3.8) is 0 Å². The summed E-state index contributed by atoms with van der Waals surface area (Å²) in [7, 11) is -3.46. The molecule has 0 spiro atoms. The van der Waals surface area contributed by atoms with E-state index in [-0.39, 0.29) is 10.9 Å². The summed E-state index contributed by atoms with van der Waals surface area (Å²) in [6.45, 7) is 5.68. The molecule has 0 bridgehead atoms. The van der Waals surface area contributed by atoms with Crippen LogP contribution < -0.4 is 5.32 Å². The Bertz CT molecular complexity index is 537. The Kier molecular flexibility index (Phi) is 4.70. The molecule has 1 fully saturated rings. The van der Waals surface area contributed by atoms with E-state index in [9.17, 15) is 8.42 Å². The molecular formula is C12H19BrN2O3S. The fourth-order valence-corrected chi connectivity index (χ4v) is 4.68. The van der Waals surface area contributed by atoms with Gasteiger partial charge in [-0.1, -0.05) is 13.8 Å². The summed E-state index contributed by atoms with van der Waals surface area (Å²) < 4.78 is 32.4. The largest absolute Gasteiger partial charge is 0.452 e. The monoisotopic (exact) mass is 350 g/mol. The molecule has 0 atom stereocenters. The molecule has 108 valence electrons. The third-order valence-corrected chi connectivity index (χ3v) is 5.99. The molecule has 1 N–H and O–H groups in total. The zero-order valence-electron chi connectivity index (χ0n) is 11.1. The van der Waals surface area contributed by atoms with Gasteiger partial charge < -0.3 is 9.73 Å². The van der Waals surface area contributed by atoms with Crippen LogP contribution in [0.3, 0.4) is 0 Å². The highest BCUT2D eigenvalue weighted by atomic mass is 79.9. The minimum atomic E-state index is -3.46. The van der Waals surface area contributed by atoms with Crippen LogP contribution in [-0.2, 0) is 16.6 Å². The maximum atomic E-state index is 12.6. The fraction of sp³-hybridized carbons (Fsp3) is 0.667. The van der Waals surface area contributed by atoms with Gasteiger partial charge in [0.1, 0.15) is 10.7 Å². The molecule has 1 aromatic rings. The molecule has 0 radical (unpaired) electrons. The molecule has 0 amide bonds. The minimum absolute atomic E-state index is 0.161. The van der Waals surface area contributed by atoms with Gasteiger partial charge in [-0.3, -0.25) is 0 Å². The number of hydrogen-bond donors (Lipinski definition) is 1.